The van der Waals surface area contributed by atoms with E-state index in [0.29, 0.717) is 11.1 Å². The first-order valence-corrected chi connectivity index (χ1v) is 9.16. The van der Waals surface area contributed by atoms with Crippen LogP contribution in [0.1, 0.15) is 26.6 Å². The summed E-state index contributed by atoms with van der Waals surface area (Å²) in [6.07, 6.45) is 0. The number of carbonyl (C=O) groups excluding carboxylic acids is 2. The largest absolute Gasteiger partial charge is 0.350 e. The Labute approximate surface area is 179 Å². The van der Waals surface area contributed by atoms with Gasteiger partial charge in [0.2, 0.25) is 5.82 Å². The molecule has 0 fully saturated rings. The van der Waals surface area contributed by atoms with Crippen LogP contribution in [0.15, 0.2) is 47.0 Å². The predicted molar refractivity (Wildman–Crippen MR) is 109 cm³/mol. The molecule has 164 valence electrons. The summed E-state index contributed by atoms with van der Waals surface area (Å²) in [5.41, 5.74) is 0.674. The molecule has 0 spiro atoms. The van der Waals surface area contributed by atoms with E-state index in [9.17, 15) is 29.8 Å². The highest BCUT2D eigenvalue weighted by atomic mass is 16.6. The molecule has 0 saturated heterocycles. The highest BCUT2D eigenvalue weighted by Gasteiger charge is 2.18. The van der Waals surface area contributed by atoms with E-state index in [2.05, 4.69) is 20.8 Å². The van der Waals surface area contributed by atoms with E-state index in [0.717, 1.165) is 0 Å². The van der Waals surface area contributed by atoms with E-state index in [1.165, 1.54) is 49.4 Å². The molecule has 0 bridgehead atoms. The molecule has 3 aromatic rings. The van der Waals surface area contributed by atoms with E-state index in [-0.39, 0.29) is 41.7 Å². The third-order valence-corrected chi connectivity index (χ3v) is 4.29. The van der Waals surface area contributed by atoms with Crippen LogP contribution in [0.5, 0.6) is 0 Å². The Kier molecular flexibility index (Phi) is 6.48. The fourth-order valence-electron chi connectivity index (χ4n) is 2.72. The van der Waals surface area contributed by atoms with Gasteiger partial charge in [-0.3, -0.25) is 29.8 Å². The number of nitrogens with one attached hydrogen (secondary N) is 2. The maximum absolute atomic E-state index is 12.1. The van der Waals surface area contributed by atoms with E-state index in [1.54, 1.807) is 0 Å². The van der Waals surface area contributed by atoms with Crippen molar-refractivity contribution in [1.29, 1.82) is 0 Å². The van der Waals surface area contributed by atoms with Gasteiger partial charge in [-0.2, -0.15) is 4.98 Å². The molecular weight excluding hydrogens is 424 g/mol. The SMILES string of the molecule is Cc1cc(C(=O)NCCNC(=O)c2nc(-c3cccc([N+](=O)[O-])c3)no2)ccc1[N+](=O)[O-]. The minimum Gasteiger partial charge on any atom is -0.350 e. The zero-order chi connectivity index (χ0) is 23.3. The third kappa shape index (κ3) is 5.08. The highest BCUT2D eigenvalue weighted by Crippen LogP contribution is 2.21. The van der Waals surface area contributed by atoms with Crippen LogP contribution in [0.3, 0.4) is 0 Å². The summed E-state index contributed by atoms with van der Waals surface area (Å²) in [6, 6.07) is 9.55. The van der Waals surface area contributed by atoms with Crippen LogP contribution < -0.4 is 10.6 Å². The molecular formula is C19H16N6O7. The molecule has 0 radical (unpaired) electrons. The predicted octanol–water partition coefficient (Wildman–Crippen LogP) is 2.02. The van der Waals surface area contributed by atoms with Crippen molar-refractivity contribution in [2.45, 2.75) is 6.92 Å². The molecule has 2 amide bonds. The van der Waals surface area contributed by atoms with Crippen molar-refractivity contribution >= 4 is 23.2 Å². The van der Waals surface area contributed by atoms with Crippen LogP contribution in [0.25, 0.3) is 11.4 Å². The number of nitrogens with zero attached hydrogens (tertiary/aromatic N) is 4. The monoisotopic (exact) mass is 440 g/mol. The van der Waals surface area contributed by atoms with Crippen LogP contribution in [0, 0.1) is 27.2 Å². The van der Waals surface area contributed by atoms with Crippen LogP contribution in [-0.2, 0) is 0 Å². The normalized spacial score (nSPS) is 10.4. The average Bonchev–Trinajstić information content (AvgIpc) is 3.26. The van der Waals surface area contributed by atoms with Gasteiger partial charge in [-0.15, -0.1) is 0 Å². The average molecular weight is 440 g/mol. The smallest absolute Gasteiger partial charge is 0.316 e. The van der Waals surface area contributed by atoms with E-state index >= 15 is 0 Å². The summed E-state index contributed by atoms with van der Waals surface area (Å²) < 4.78 is 4.89. The zero-order valence-electron chi connectivity index (χ0n) is 16.6. The summed E-state index contributed by atoms with van der Waals surface area (Å²) in [6.45, 7) is 1.65. The molecule has 0 unspecified atom stereocenters. The second kappa shape index (κ2) is 9.42. The van der Waals surface area contributed by atoms with Crippen molar-refractivity contribution in [3.63, 3.8) is 0 Å². The van der Waals surface area contributed by atoms with Gasteiger partial charge in [0.05, 0.1) is 9.85 Å². The molecule has 2 aromatic carbocycles. The molecule has 0 aliphatic carbocycles. The number of hydrogen-bond acceptors (Lipinski definition) is 9. The Hall–Kier alpha value is -4.68. The number of nitro groups is 2. The van der Waals surface area contributed by atoms with E-state index in [1.807, 2.05) is 0 Å². The number of nitro benzene ring substituents is 2. The van der Waals surface area contributed by atoms with Gasteiger partial charge < -0.3 is 15.2 Å². The number of hydrogen-bond donors (Lipinski definition) is 2. The Balaban J connectivity index is 1.52. The van der Waals surface area contributed by atoms with Crippen molar-refractivity contribution in [2.75, 3.05) is 13.1 Å². The molecule has 13 heteroatoms. The molecule has 0 saturated carbocycles. The summed E-state index contributed by atoms with van der Waals surface area (Å²) >= 11 is 0. The third-order valence-electron chi connectivity index (χ3n) is 4.29. The Morgan fingerprint density at radius 1 is 1.00 bits per heavy atom. The van der Waals surface area contributed by atoms with Crippen LogP contribution >= 0.6 is 0 Å². The number of carbonyl (C=O) groups is 2. The molecule has 0 aliphatic rings. The maximum atomic E-state index is 12.1. The van der Waals surface area contributed by atoms with Gasteiger partial charge in [-0.05, 0) is 19.1 Å². The number of rotatable bonds is 8. The Morgan fingerprint density at radius 2 is 1.72 bits per heavy atom. The quantitative estimate of drug-likeness (QED) is 0.300. The number of amides is 2. The van der Waals surface area contributed by atoms with E-state index < -0.39 is 21.7 Å². The Morgan fingerprint density at radius 3 is 2.38 bits per heavy atom. The van der Waals surface area contributed by atoms with Crippen molar-refractivity contribution in [2.24, 2.45) is 0 Å². The Bertz CT molecular complexity index is 1210. The van der Waals surface area contributed by atoms with Gasteiger partial charge in [0, 0.05) is 48.0 Å². The van der Waals surface area contributed by atoms with Gasteiger partial charge in [0.15, 0.2) is 0 Å². The summed E-state index contributed by atoms with van der Waals surface area (Å²) in [7, 11) is 0. The van der Waals surface area contributed by atoms with Crippen LogP contribution in [-0.4, -0.2) is 44.9 Å². The minimum absolute atomic E-state index is 0.0145. The van der Waals surface area contributed by atoms with Crippen molar-refractivity contribution in [1.82, 2.24) is 20.8 Å². The first kappa shape index (κ1) is 22.0. The van der Waals surface area contributed by atoms with Gasteiger partial charge >= 0.3 is 11.8 Å². The van der Waals surface area contributed by atoms with E-state index in [4.69, 9.17) is 4.52 Å². The topological polar surface area (TPSA) is 183 Å². The molecule has 1 heterocycles. The lowest BCUT2D eigenvalue weighted by atomic mass is 10.1. The van der Waals surface area contributed by atoms with Gasteiger partial charge in [0.25, 0.3) is 17.3 Å². The van der Waals surface area contributed by atoms with Crippen molar-refractivity contribution < 1.29 is 24.0 Å². The molecule has 3 rings (SSSR count). The second-order valence-corrected chi connectivity index (χ2v) is 6.50. The molecule has 2 N–H and O–H groups in total. The second-order valence-electron chi connectivity index (χ2n) is 6.50. The summed E-state index contributed by atoms with van der Waals surface area (Å²) in [5, 5.41) is 30.4. The zero-order valence-corrected chi connectivity index (χ0v) is 16.6. The number of aryl methyl sites for hydroxylation is 1. The molecule has 1 aromatic heterocycles. The van der Waals surface area contributed by atoms with Gasteiger partial charge in [-0.1, -0.05) is 17.3 Å². The first-order chi connectivity index (χ1) is 15.3. The highest BCUT2D eigenvalue weighted by molar-refractivity contribution is 5.94. The van der Waals surface area contributed by atoms with Crippen molar-refractivity contribution in [3.8, 4) is 11.4 Å². The minimum atomic E-state index is -0.686. The van der Waals surface area contributed by atoms with Crippen LogP contribution in [0.4, 0.5) is 11.4 Å². The standard InChI is InChI=1S/C19H16N6O7/c1-11-9-13(5-6-15(11)25(30)31)17(26)20-7-8-21-18(27)19-22-16(23-32-19)12-3-2-4-14(10-12)24(28)29/h2-6,9-10H,7-8H2,1H3,(H,20,26)(H,21,27). The summed E-state index contributed by atoms with van der Waals surface area (Å²) in [5.74, 6) is -1.47. The fourth-order valence-corrected chi connectivity index (χ4v) is 2.72. The number of benzene rings is 2. The van der Waals surface area contributed by atoms with Crippen LogP contribution in [0.2, 0.25) is 0 Å². The number of non-ortho nitro benzene ring substituents is 1. The van der Waals surface area contributed by atoms with Crippen molar-refractivity contribution in [3.05, 3.63) is 79.7 Å². The molecule has 0 atom stereocenters. The lowest BCUT2D eigenvalue weighted by molar-refractivity contribution is -0.385. The molecule has 32 heavy (non-hydrogen) atoms. The lowest BCUT2D eigenvalue weighted by Crippen LogP contribution is -2.34. The summed E-state index contributed by atoms with van der Waals surface area (Å²) in [4.78, 5) is 48.8. The molecule has 13 nitrogen and oxygen atoms in total. The maximum Gasteiger partial charge on any atom is 0.316 e. The fraction of sp³-hybridized carbons (Fsp3) is 0.158. The first-order valence-electron chi connectivity index (χ1n) is 9.16. The van der Waals surface area contributed by atoms with Gasteiger partial charge in [0.1, 0.15) is 0 Å². The lowest BCUT2D eigenvalue weighted by Gasteiger charge is -2.06. The van der Waals surface area contributed by atoms with Gasteiger partial charge in [-0.25, -0.2) is 0 Å². The molecule has 0 aliphatic heterocycles. The number of aromatic nitrogens is 2.